The quantitative estimate of drug-likeness (QED) is 0.600. The number of esters is 1. The number of nitriles is 1. The molecule has 0 N–H and O–H groups in total. The van der Waals surface area contributed by atoms with Gasteiger partial charge in [0.15, 0.2) is 6.61 Å². The zero-order chi connectivity index (χ0) is 19.4. The largest absolute Gasteiger partial charge is 0.480 e. The monoisotopic (exact) mass is 364 g/mol. The van der Waals surface area contributed by atoms with Crippen LogP contribution in [0.3, 0.4) is 0 Å². The second kappa shape index (κ2) is 7.72. The van der Waals surface area contributed by atoms with Gasteiger partial charge in [-0.1, -0.05) is 6.07 Å². The number of nitrogens with zero attached hydrogens (tertiary/aromatic N) is 1. The van der Waals surface area contributed by atoms with Crippen LogP contribution in [-0.4, -0.2) is 25.7 Å². The van der Waals surface area contributed by atoms with Crippen LogP contribution >= 0.6 is 0 Å². The highest BCUT2D eigenvalue weighted by molar-refractivity contribution is 6.48. The van der Waals surface area contributed by atoms with Gasteiger partial charge in [0.05, 0.1) is 12.2 Å². The molecule has 0 saturated heterocycles. The van der Waals surface area contributed by atoms with Crippen LogP contribution in [-0.2, 0) is 20.8 Å². The zero-order valence-corrected chi connectivity index (χ0v) is 15.4. The van der Waals surface area contributed by atoms with E-state index in [1.54, 1.807) is 46.5 Å². The van der Waals surface area contributed by atoms with Crippen molar-refractivity contribution in [3.63, 3.8) is 0 Å². The van der Waals surface area contributed by atoms with Gasteiger partial charge in [-0.2, -0.15) is 5.26 Å². The molecule has 0 amide bonds. The van der Waals surface area contributed by atoms with Crippen molar-refractivity contribution in [3.05, 3.63) is 47.5 Å². The van der Waals surface area contributed by atoms with E-state index in [1.165, 1.54) is 0 Å². The SMILES string of the molecule is CC(C)(C)OC(=O)COc1cc(Oc2ccc3c(c2)CO[B]3)ccc1C#N. The first-order valence-electron chi connectivity index (χ1n) is 8.48. The highest BCUT2D eigenvalue weighted by atomic mass is 16.6. The summed E-state index contributed by atoms with van der Waals surface area (Å²) in [6.07, 6.45) is 0. The van der Waals surface area contributed by atoms with E-state index in [9.17, 15) is 10.1 Å². The lowest BCUT2D eigenvalue weighted by atomic mass is 9.87. The lowest BCUT2D eigenvalue weighted by Crippen LogP contribution is -2.27. The van der Waals surface area contributed by atoms with E-state index in [0.717, 1.165) is 11.0 Å². The molecule has 0 fully saturated rings. The molecule has 0 atom stereocenters. The maximum atomic E-state index is 11.8. The van der Waals surface area contributed by atoms with Crippen molar-refractivity contribution in [2.45, 2.75) is 33.0 Å². The Hall–Kier alpha value is -2.98. The molecule has 7 heteroatoms. The molecule has 3 rings (SSSR count). The van der Waals surface area contributed by atoms with Crippen LogP contribution in [0.4, 0.5) is 0 Å². The topological polar surface area (TPSA) is 77.8 Å². The molecule has 0 spiro atoms. The third kappa shape index (κ3) is 5.02. The van der Waals surface area contributed by atoms with Crippen LogP contribution < -0.4 is 14.9 Å². The molecule has 0 aromatic heterocycles. The molecule has 2 aromatic rings. The maximum absolute atomic E-state index is 11.8. The summed E-state index contributed by atoms with van der Waals surface area (Å²) in [5.74, 6) is 0.901. The molecule has 0 unspecified atom stereocenters. The Labute approximate surface area is 158 Å². The third-order valence-corrected chi connectivity index (χ3v) is 3.64. The molecule has 1 aliphatic rings. The standard InChI is InChI=1S/C20H19BNO5/c1-20(2,3)27-19(23)12-24-18-9-16(5-4-13(18)10-22)26-15-6-7-17-14(8-15)11-25-21-17/h4-9H,11-12H2,1-3H3. The second-order valence-electron chi connectivity index (χ2n) is 7.04. The van der Waals surface area contributed by atoms with Gasteiger partial charge in [0.25, 0.3) is 0 Å². The number of hydrogen-bond acceptors (Lipinski definition) is 6. The molecular formula is C20H19BNO5. The highest BCUT2D eigenvalue weighted by Gasteiger charge is 2.18. The summed E-state index contributed by atoms with van der Waals surface area (Å²) < 4.78 is 21.8. The van der Waals surface area contributed by atoms with E-state index in [2.05, 4.69) is 0 Å². The zero-order valence-electron chi connectivity index (χ0n) is 15.4. The van der Waals surface area contributed by atoms with Crippen LogP contribution in [0, 0.1) is 11.3 Å². The summed E-state index contributed by atoms with van der Waals surface area (Å²) in [5.41, 5.74) is 1.78. The first-order valence-corrected chi connectivity index (χ1v) is 8.48. The number of carbonyl (C=O) groups is 1. The summed E-state index contributed by atoms with van der Waals surface area (Å²) in [7, 11) is 1.71. The number of rotatable bonds is 5. The van der Waals surface area contributed by atoms with E-state index in [0.29, 0.717) is 23.7 Å². The summed E-state index contributed by atoms with van der Waals surface area (Å²) in [6, 6.07) is 12.5. The van der Waals surface area contributed by atoms with Crippen molar-refractivity contribution in [2.75, 3.05) is 6.61 Å². The minimum absolute atomic E-state index is 0.263. The Balaban J connectivity index is 1.71. The minimum atomic E-state index is -0.599. The fraction of sp³-hybridized carbons (Fsp3) is 0.300. The average Bonchev–Trinajstić information content (AvgIpc) is 3.06. The van der Waals surface area contributed by atoms with Crippen LogP contribution in [0.1, 0.15) is 31.9 Å². The lowest BCUT2D eigenvalue weighted by Gasteiger charge is -2.19. The molecule has 27 heavy (non-hydrogen) atoms. The molecule has 1 aliphatic heterocycles. The van der Waals surface area contributed by atoms with Crippen molar-refractivity contribution in [1.29, 1.82) is 5.26 Å². The first kappa shape index (κ1) is 18.8. The summed E-state index contributed by atoms with van der Waals surface area (Å²) in [4.78, 5) is 11.8. The number of carbonyl (C=O) groups excluding carboxylic acids is 1. The van der Waals surface area contributed by atoms with Crippen LogP contribution in [0.2, 0.25) is 0 Å². The molecule has 137 valence electrons. The minimum Gasteiger partial charge on any atom is -0.480 e. The fourth-order valence-electron chi connectivity index (χ4n) is 2.53. The van der Waals surface area contributed by atoms with Crippen molar-refractivity contribution in [3.8, 4) is 23.3 Å². The van der Waals surface area contributed by atoms with Crippen molar-refractivity contribution in [1.82, 2.24) is 0 Å². The van der Waals surface area contributed by atoms with Gasteiger partial charge in [-0.05, 0) is 56.1 Å². The van der Waals surface area contributed by atoms with Gasteiger partial charge >= 0.3 is 13.5 Å². The van der Waals surface area contributed by atoms with Crippen molar-refractivity contribution >= 4 is 18.9 Å². The Kier molecular flexibility index (Phi) is 5.38. The number of ether oxygens (including phenoxy) is 3. The number of hydrogen-bond donors (Lipinski definition) is 0. The normalized spacial score (nSPS) is 12.5. The second-order valence-corrected chi connectivity index (χ2v) is 7.04. The van der Waals surface area contributed by atoms with Crippen LogP contribution in [0.25, 0.3) is 0 Å². The molecule has 0 saturated carbocycles. The molecular weight excluding hydrogens is 345 g/mol. The van der Waals surface area contributed by atoms with Gasteiger partial charge in [0.2, 0.25) is 0 Å². The van der Waals surface area contributed by atoms with Gasteiger partial charge in [0.1, 0.15) is 28.9 Å². The van der Waals surface area contributed by atoms with Gasteiger partial charge in [0, 0.05) is 6.07 Å². The van der Waals surface area contributed by atoms with E-state index in [-0.39, 0.29) is 12.4 Å². The van der Waals surface area contributed by atoms with E-state index in [4.69, 9.17) is 18.9 Å². The molecule has 0 aliphatic carbocycles. The van der Waals surface area contributed by atoms with Gasteiger partial charge in [-0.3, -0.25) is 0 Å². The van der Waals surface area contributed by atoms with Crippen molar-refractivity contribution < 1.29 is 23.7 Å². The van der Waals surface area contributed by atoms with Crippen molar-refractivity contribution in [2.24, 2.45) is 0 Å². The Bertz CT molecular complexity index is 898. The molecule has 6 nitrogen and oxygen atoms in total. The van der Waals surface area contributed by atoms with Crippen LogP contribution in [0.15, 0.2) is 36.4 Å². The van der Waals surface area contributed by atoms with Gasteiger partial charge in [-0.15, -0.1) is 0 Å². The Morgan fingerprint density at radius 1 is 1.22 bits per heavy atom. The number of benzene rings is 2. The predicted molar refractivity (Wildman–Crippen MR) is 99.2 cm³/mol. The van der Waals surface area contributed by atoms with Gasteiger partial charge in [-0.25, -0.2) is 4.79 Å². The van der Waals surface area contributed by atoms with Gasteiger partial charge < -0.3 is 18.9 Å². The average molecular weight is 364 g/mol. The first-order chi connectivity index (χ1) is 12.8. The molecule has 2 aromatic carbocycles. The van der Waals surface area contributed by atoms with E-state index < -0.39 is 11.6 Å². The third-order valence-electron chi connectivity index (χ3n) is 3.64. The molecule has 1 radical (unpaired) electrons. The summed E-state index contributed by atoms with van der Waals surface area (Å²) in [5, 5.41) is 9.25. The summed E-state index contributed by atoms with van der Waals surface area (Å²) >= 11 is 0. The molecule has 0 bridgehead atoms. The van der Waals surface area contributed by atoms with Crippen LogP contribution in [0.5, 0.6) is 17.2 Å². The summed E-state index contributed by atoms with van der Waals surface area (Å²) in [6.45, 7) is 5.56. The van der Waals surface area contributed by atoms with E-state index >= 15 is 0 Å². The fourth-order valence-corrected chi connectivity index (χ4v) is 2.53. The highest BCUT2D eigenvalue weighted by Crippen LogP contribution is 2.29. The molecule has 1 heterocycles. The predicted octanol–water partition coefficient (Wildman–Crippen LogP) is 2.85. The number of fused-ring (bicyclic) bond motifs is 1. The maximum Gasteiger partial charge on any atom is 0.344 e. The Morgan fingerprint density at radius 2 is 1.96 bits per heavy atom. The van der Waals surface area contributed by atoms with E-state index in [1.807, 2.05) is 24.3 Å². The smallest absolute Gasteiger partial charge is 0.344 e. The Morgan fingerprint density at radius 3 is 2.70 bits per heavy atom. The lowest BCUT2D eigenvalue weighted by molar-refractivity contribution is -0.157.